The molecule has 102 valence electrons. The van der Waals surface area contributed by atoms with Crippen molar-refractivity contribution in [1.82, 2.24) is 0 Å². The molecule has 1 aliphatic rings. The molecule has 0 unspecified atom stereocenters. The monoisotopic (exact) mass is 263 g/mol. The van der Waals surface area contributed by atoms with Gasteiger partial charge in [0.15, 0.2) is 0 Å². The molecular weight excluding hydrogens is 242 g/mol. The summed E-state index contributed by atoms with van der Waals surface area (Å²) in [7, 11) is 0. The first kappa shape index (κ1) is 14.3. The van der Waals surface area contributed by atoms with E-state index in [4.69, 9.17) is 5.26 Å². The fourth-order valence-electron chi connectivity index (χ4n) is 2.51. The molecule has 0 heterocycles. The van der Waals surface area contributed by atoms with Gasteiger partial charge in [0.25, 0.3) is 0 Å². The van der Waals surface area contributed by atoms with Gasteiger partial charge in [0, 0.05) is 0 Å². The van der Waals surface area contributed by atoms with Crippen LogP contribution in [-0.4, -0.2) is 0 Å². The Hall–Kier alpha value is -2.07. The minimum Gasteiger partial charge on any atom is -0.192 e. The molecule has 0 amide bonds. The molecule has 0 radical (unpaired) electrons. The highest BCUT2D eigenvalue weighted by molar-refractivity contribution is 5.70. The Morgan fingerprint density at radius 3 is 1.70 bits per heavy atom. The lowest BCUT2D eigenvalue weighted by Gasteiger charge is -2.05. The van der Waals surface area contributed by atoms with Crippen molar-refractivity contribution in [1.29, 1.82) is 5.26 Å². The van der Waals surface area contributed by atoms with E-state index in [9.17, 15) is 0 Å². The van der Waals surface area contributed by atoms with Crippen LogP contribution in [0.1, 0.15) is 44.1 Å². The van der Waals surface area contributed by atoms with E-state index in [0.29, 0.717) is 0 Å². The van der Waals surface area contributed by atoms with Crippen molar-refractivity contribution in [2.45, 2.75) is 38.5 Å². The summed E-state index contributed by atoms with van der Waals surface area (Å²) in [4.78, 5) is 0. The van der Waals surface area contributed by atoms with Gasteiger partial charge in [-0.1, -0.05) is 87.1 Å². The smallest absolute Gasteiger partial charge is 0.0998 e. The second kappa shape index (κ2) is 8.17. The molecule has 0 atom stereocenters. The van der Waals surface area contributed by atoms with Crippen molar-refractivity contribution in [2.75, 3.05) is 0 Å². The lowest BCUT2D eigenvalue weighted by molar-refractivity contribution is 0.504. The summed E-state index contributed by atoms with van der Waals surface area (Å²) in [6, 6.07) is 19.8. The number of hydrogen-bond acceptors (Lipinski definition) is 1. The van der Waals surface area contributed by atoms with Gasteiger partial charge in [-0.15, -0.1) is 0 Å². The summed E-state index contributed by atoms with van der Waals surface area (Å²) in [5.74, 6) is 0. The molecule has 1 heteroatoms. The summed E-state index contributed by atoms with van der Waals surface area (Å²) < 4.78 is 0. The zero-order valence-electron chi connectivity index (χ0n) is 11.9. The van der Waals surface area contributed by atoms with Gasteiger partial charge in [-0.25, -0.2) is 0 Å². The topological polar surface area (TPSA) is 23.8 Å². The fourth-order valence-corrected chi connectivity index (χ4v) is 2.51. The molecule has 20 heavy (non-hydrogen) atoms. The van der Waals surface area contributed by atoms with Crippen LogP contribution in [0.15, 0.2) is 54.6 Å². The normalized spacial score (nSPS) is 13.8. The Bertz CT molecular complexity index is 536. The van der Waals surface area contributed by atoms with Gasteiger partial charge < -0.3 is 0 Å². The lowest BCUT2D eigenvalue weighted by Crippen LogP contribution is -1.85. The van der Waals surface area contributed by atoms with Crippen LogP contribution in [0.5, 0.6) is 0 Å². The Morgan fingerprint density at radius 1 is 0.650 bits per heavy atom. The summed E-state index contributed by atoms with van der Waals surface area (Å²) in [6.45, 7) is 0. The predicted octanol–water partition coefficient (Wildman–Crippen LogP) is 5.57. The maximum atomic E-state index is 8.93. The second-order valence-electron chi connectivity index (χ2n) is 5.14. The summed E-state index contributed by atoms with van der Waals surface area (Å²) in [6.07, 6.45) is 9.00. The number of rotatable bonds is 1. The Balaban J connectivity index is 0.000000205. The van der Waals surface area contributed by atoms with Crippen LogP contribution < -0.4 is 0 Å². The zero-order valence-corrected chi connectivity index (χ0v) is 11.9. The molecule has 3 rings (SSSR count). The van der Waals surface area contributed by atoms with Crippen molar-refractivity contribution in [2.24, 2.45) is 0 Å². The highest BCUT2D eigenvalue weighted by Crippen LogP contribution is 2.22. The van der Waals surface area contributed by atoms with Crippen molar-refractivity contribution in [3.05, 3.63) is 60.2 Å². The van der Waals surface area contributed by atoms with Crippen molar-refractivity contribution < 1.29 is 0 Å². The quantitative estimate of drug-likeness (QED) is 0.660. The molecule has 1 aliphatic carbocycles. The third-order valence-corrected chi connectivity index (χ3v) is 3.63. The third kappa shape index (κ3) is 4.24. The largest absolute Gasteiger partial charge is 0.192 e. The molecule has 1 fully saturated rings. The van der Waals surface area contributed by atoms with Gasteiger partial charge >= 0.3 is 0 Å². The number of nitriles is 1. The maximum absolute atomic E-state index is 8.93. The summed E-state index contributed by atoms with van der Waals surface area (Å²) >= 11 is 0. The molecule has 0 aromatic heterocycles. The second-order valence-corrected chi connectivity index (χ2v) is 5.14. The van der Waals surface area contributed by atoms with E-state index in [1.165, 1.54) is 38.5 Å². The highest BCUT2D eigenvalue weighted by Gasteiger charge is 2.01. The maximum Gasteiger partial charge on any atom is 0.0998 e. The molecule has 2 aromatic rings. The molecule has 1 saturated carbocycles. The molecule has 0 bridgehead atoms. The van der Waals surface area contributed by atoms with Gasteiger partial charge in [-0.3, -0.25) is 0 Å². The van der Waals surface area contributed by atoms with E-state index < -0.39 is 0 Å². The van der Waals surface area contributed by atoms with Gasteiger partial charge in [0.1, 0.15) is 0 Å². The van der Waals surface area contributed by atoms with Crippen molar-refractivity contribution in [3.8, 4) is 17.2 Å². The zero-order chi connectivity index (χ0) is 14.0. The van der Waals surface area contributed by atoms with Crippen LogP contribution in [0.4, 0.5) is 0 Å². The standard InChI is InChI=1S/C13H9N.C6H12/c14-10-12-8-4-5-9-13(12)11-6-2-1-3-7-11;1-2-4-6-5-3-1/h1-9H;1-6H2. The van der Waals surface area contributed by atoms with E-state index in [0.717, 1.165) is 16.7 Å². The van der Waals surface area contributed by atoms with E-state index in [1.807, 2.05) is 54.6 Å². The van der Waals surface area contributed by atoms with Crippen LogP contribution in [0.25, 0.3) is 11.1 Å². The minimum absolute atomic E-state index is 0.721. The molecule has 2 aromatic carbocycles. The van der Waals surface area contributed by atoms with E-state index in [1.54, 1.807) is 0 Å². The van der Waals surface area contributed by atoms with Crippen LogP contribution in [-0.2, 0) is 0 Å². The van der Waals surface area contributed by atoms with Crippen molar-refractivity contribution in [3.63, 3.8) is 0 Å². The summed E-state index contributed by atoms with van der Waals surface area (Å²) in [5.41, 5.74) is 2.80. The van der Waals surface area contributed by atoms with Crippen LogP contribution in [0.2, 0.25) is 0 Å². The average Bonchev–Trinajstić information content (AvgIpc) is 2.58. The number of benzene rings is 2. The number of hydrogen-bond donors (Lipinski definition) is 0. The van der Waals surface area contributed by atoms with Crippen LogP contribution in [0.3, 0.4) is 0 Å². The Kier molecular flexibility index (Phi) is 5.86. The Labute approximate surface area is 121 Å². The Morgan fingerprint density at radius 2 is 1.15 bits per heavy atom. The first-order valence-electron chi connectivity index (χ1n) is 7.46. The fraction of sp³-hybridized carbons (Fsp3) is 0.316. The lowest BCUT2D eigenvalue weighted by atomic mass is 10.0. The van der Waals surface area contributed by atoms with E-state index in [-0.39, 0.29) is 0 Å². The first-order chi connectivity index (χ1) is 9.92. The molecule has 0 spiro atoms. The minimum atomic E-state index is 0.721. The molecule has 1 nitrogen and oxygen atoms in total. The molecule has 0 N–H and O–H groups in total. The molecule has 0 aliphatic heterocycles. The van der Waals surface area contributed by atoms with E-state index >= 15 is 0 Å². The van der Waals surface area contributed by atoms with Crippen LogP contribution >= 0.6 is 0 Å². The molecule has 0 saturated heterocycles. The average molecular weight is 263 g/mol. The van der Waals surface area contributed by atoms with Gasteiger partial charge in [-0.2, -0.15) is 5.26 Å². The SMILES string of the molecule is C1CCCCC1.N#Cc1ccccc1-c1ccccc1. The van der Waals surface area contributed by atoms with Gasteiger partial charge in [-0.05, 0) is 17.2 Å². The van der Waals surface area contributed by atoms with Crippen molar-refractivity contribution >= 4 is 0 Å². The highest BCUT2D eigenvalue weighted by atomic mass is 14.2. The van der Waals surface area contributed by atoms with Gasteiger partial charge in [0.05, 0.1) is 11.6 Å². The molecular formula is C19H21N. The predicted molar refractivity (Wildman–Crippen MR) is 84.3 cm³/mol. The summed E-state index contributed by atoms with van der Waals surface area (Å²) in [5, 5.41) is 8.93. The van der Waals surface area contributed by atoms with Crippen LogP contribution in [0, 0.1) is 11.3 Å². The number of nitrogens with zero attached hydrogens (tertiary/aromatic N) is 1. The van der Waals surface area contributed by atoms with E-state index in [2.05, 4.69) is 6.07 Å². The van der Waals surface area contributed by atoms with Gasteiger partial charge in [0.2, 0.25) is 0 Å². The first-order valence-corrected chi connectivity index (χ1v) is 7.46. The third-order valence-electron chi connectivity index (χ3n) is 3.63.